The molecule has 0 aromatic heterocycles. The van der Waals surface area contributed by atoms with Gasteiger partial charge in [0.05, 0.1) is 16.7 Å². The molecule has 0 radical (unpaired) electrons. The normalized spacial score (nSPS) is 13.5. The molecule has 1 unspecified atom stereocenters. The maximum absolute atomic E-state index is 11.4. The minimum Gasteiger partial charge on any atom is -0.393 e. The van der Waals surface area contributed by atoms with E-state index in [1.165, 1.54) is 14.1 Å². The quantitative estimate of drug-likeness (QED) is 0.597. The first-order valence-corrected chi connectivity index (χ1v) is 6.67. The summed E-state index contributed by atoms with van der Waals surface area (Å²) in [6, 6.07) is 0. The predicted molar refractivity (Wildman–Crippen MR) is 66.4 cm³/mol. The Bertz CT molecular complexity index is 365. The molecule has 0 bridgehead atoms. The van der Waals surface area contributed by atoms with E-state index in [1.807, 2.05) is 0 Å². The largest absolute Gasteiger partial charge is 0.393 e. The number of nitrogens with zero attached hydrogens (tertiary/aromatic N) is 1. The molecule has 0 spiro atoms. The molecule has 0 aliphatic heterocycles. The summed E-state index contributed by atoms with van der Waals surface area (Å²) in [4.78, 5) is 11.4. The van der Waals surface area contributed by atoms with Crippen molar-refractivity contribution in [2.75, 3.05) is 26.4 Å². The van der Waals surface area contributed by atoms with Gasteiger partial charge in [0.1, 0.15) is 0 Å². The third-order valence-corrected chi connectivity index (χ3v) is 4.22. The van der Waals surface area contributed by atoms with Crippen LogP contribution in [0, 0.1) is 5.92 Å². The summed E-state index contributed by atoms with van der Waals surface area (Å²) in [5.41, 5.74) is 5.29. The van der Waals surface area contributed by atoms with E-state index in [0.717, 1.165) is 4.31 Å². The van der Waals surface area contributed by atoms with Crippen LogP contribution in [-0.4, -0.2) is 50.0 Å². The van der Waals surface area contributed by atoms with Crippen molar-refractivity contribution in [1.82, 2.24) is 9.62 Å². The molecule has 3 N–H and O–H groups in total. The van der Waals surface area contributed by atoms with Crippen LogP contribution in [0.4, 0.5) is 0 Å². The zero-order chi connectivity index (χ0) is 12.9. The standard InChI is InChI=1S/C8H17N3O3S2/c1-6(7(9)15)8(12)10-4-5-16(13,14)11(2)3/h6H,4-5H2,1-3H3,(H2,9,15)(H,10,12). The molecule has 0 aliphatic rings. The molecule has 0 heterocycles. The fraction of sp³-hybridized carbons (Fsp3) is 0.750. The molecule has 0 saturated carbocycles. The second-order valence-corrected chi connectivity index (χ2v) is 6.29. The van der Waals surface area contributed by atoms with Crippen LogP contribution < -0.4 is 11.1 Å². The van der Waals surface area contributed by atoms with Gasteiger partial charge in [0.25, 0.3) is 0 Å². The number of rotatable bonds is 6. The molecule has 0 aromatic carbocycles. The molecular formula is C8H17N3O3S2. The highest BCUT2D eigenvalue weighted by atomic mass is 32.2. The Labute approximate surface area is 101 Å². The molecule has 0 fully saturated rings. The fourth-order valence-corrected chi connectivity index (χ4v) is 1.60. The van der Waals surface area contributed by atoms with Gasteiger partial charge in [-0.25, -0.2) is 12.7 Å². The van der Waals surface area contributed by atoms with Gasteiger partial charge < -0.3 is 11.1 Å². The molecule has 0 aliphatic carbocycles. The highest BCUT2D eigenvalue weighted by Crippen LogP contribution is 1.96. The lowest BCUT2D eigenvalue weighted by Crippen LogP contribution is -2.39. The maximum atomic E-state index is 11.4. The smallest absolute Gasteiger partial charge is 0.229 e. The van der Waals surface area contributed by atoms with Gasteiger partial charge in [-0.15, -0.1) is 0 Å². The fourth-order valence-electron chi connectivity index (χ4n) is 0.768. The Balaban J connectivity index is 4.11. The molecule has 0 aromatic rings. The summed E-state index contributed by atoms with van der Waals surface area (Å²) in [5.74, 6) is -1.09. The first-order chi connectivity index (χ1) is 7.18. The Morgan fingerprint density at radius 2 is 2.00 bits per heavy atom. The van der Waals surface area contributed by atoms with Crippen LogP contribution in [0.15, 0.2) is 0 Å². The Kier molecular flexibility index (Phi) is 5.84. The van der Waals surface area contributed by atoms with E-state index >= 15 is 0 Å². The molecule has 16 heavy (non-hydrogen) atoms. The lowest BCUT2D eigenvalue weighted by Gasteiger charge is -2.13. The van der Waals surface area contributed by atoms with Crippen LogP contribution in [0.1, 0.15) is 6.92 Å². The number of hydrogen-bond acceptors (Lipinski definition) is 4. The number of carbonyl (C=O) groups is 1. The van der Waals surface area contributed by atoms with Crippen molar-refractivity contribution >= 4 is 33.1 Å². The molecular weight excluding hydrogens is 250 g/mol. The zero-order valence-electron chi connectivity index (χ0n) is 9.56. The topological polar surface area (TPSA) is 92.5 Å². The van der Waals surface area contributed by atoms with Gasteiger partial charge in [-0.3, -0.25) is 4.79 Å². The summed E-state index contributed by atoms with van der Waals surface area (Å²) in [7, 11) is -0.407. The predicted octanol–water partition coefficient (Wildman–Crippen LogP) is -1.08. The molecule has 94 valence electrons. The van der Waals surface area contributed by atoms with Crippen LogP contribution in [0.25, 0.3) is 0 Å². The maximum Gasteiger partial charge on any atom is 0.229 e. The summed E-state index contributed by atoms with van der Waals surface area (Å²) in [6.45, 7) is 1.62. The van der Waals surface area contributed by atoms with E-state index in [2.05, 4.69) is 17.5 Å². The van der Waals surface area contributed by atoms with Crippen LogP contribution in [0.2, 0.25) is 0 Å². The van der Waals surface area contributed by atoms with E-state index in [9.17, 15) is 13.2 Å². The first kappa shape index (κ1) is 15.3. The number of carbonyl (C=O) groups excluding carboxylic acids is 1. The number of nitrogens with two attached hydrogens (primary N) is 1. The SMILES string of the molecule is CC(C(=O)NCCS(=O)(=O)N(C)C)C(N)=S. The minimum absolute atomic E-state index is 0.0479. The number of hydrogen-bond donors (Lipinski definition) is 2. The second-order valence-electron chi connectivity index (χ2n) is 3.51. The van der Waals surface area contributed by atoms with Crippen molar-refractivity contribution < 1.29 is 13.2 Å². The third kappa shape index (κ3) is 4.86. The second kappa shape index (κ2) is 6.12. The lowest BCUT2D eigenvalue weighted by atomic mass is 10.2. The summed E-state index contributed by atoms with van der Waals surface area (Å²) < 4.78 is 23.8. The van der Waals surface area contributed by atoms with Gasteiger partial charge in [-0.05, 0) is 6.92 Å². The Morgan fingerprint density at radius 3 is 2.38 bits per heavy atom. The van der Waals surface area contributed by atoms with Crippen LogP contribution in [0.3, 0.4) is 0 Å². The first-order valence-electron chi connectivity index (χ1n) is 4.65. The molecule has 1 amide bonds. The van der Waals surface area contributed by atoms with Crippen LogP contribution >= 0.6 is 12.2 Å². The van der Waals surface area contributed by atoms with Gasteiger partial charge >= 0.3 is 0 Å². The molecule has 1 atom stereocenters. The Hall–Kier alpha value is -0.730. The van der Waals surface area contributed by atoms with Gasteiger partial charge in [0, 0.05) is 20.6 Å². The molecule has 6 nitrogen and oxygen atoms in total. The van der Waals surface area contributed by atoms with Crippen molar-refractivity contribution in [3.63, 3.8) is 0 Å². The molecule has 8 heteroatoms. The highest BCUT2D eigenvalue weighted by molar-refractivity contribution is 7.89. The van der Waals surface area contributed by atoms with Crippen molar-refractivity contribution in [3.05, 3.63) is 0 Å². The van der Waals surface area contributed by atoms with E-state index < -0.39 is 15.9 Å². The van der Waals surface area contributed by atoms with Crippen LogP contribution in [-0.2, 0) is 14.8 Å². The van der Waals surface area contributed by atoms with Crippen molar-refractivity contribution in [3.8, 4) is 0 Å². The van der Waals surface area contributed by atoms with E-state index in [-0.39, 0.29) is 23.2 Å². The number of sulfonamides is 1. The van der Waals surface area contributed by atoms with Crippen LogP contribution in [0.5, 0.6) is 0 Å². The average Bonchev–Trinajstić information content (AvgIpc) is 2.15. The van der Waals surface area contributed by atoms with E-state index in [1.54, 1.807) is 6.92 Å². The van der Waals surface area contributed by atoms with Gasteiger partial charge in [0.2, 0.25) is 15.9 Å². The van der Waals surface area contributed by atoms with Gasteiger partial charge in [-0.1, -0.05) is 12.2 Å². The van der Waals surface area contributed by atoms with Crippen molar-refractivity contribution in [1.29, 1.82) is 0 Å². The van der Waals surface area contributed by atoms with Gasteiger partial charge in [0.15, 0.2) is 0 Å². The van der Waals surface area contributed by atoms with E-state index in [0.29, 0.717) is 0 Å². The summed E-state index contributed by atoms with van der Waals surface area (Å²) >= 11 is 4.65. The third-order valence-electron chi connectivity index (χ3n) is 2.04. The summed E-state index contributed by atoms with van der Waals surface area (Å²) in [5, 5.41) is 2.46. The molecule has 0 rings (SSSR count). The average molecular weight is 267 g/mol. The van der Waals surface area contributed by atoms with E-state index in [4.69, 9.17) is 5.73 Å². The Morgan fingerprint density at radius 1 is 1.50 bits per heavy atom. The number of thiocarbonyl (C=S) groups is 1. The number of amides is 1. The zero-order valence-corrected chi connectivity index (χ0v) is 11.2. The highest BCUT2D eigenvalue weighted by Gasteiger charge is 2.17. The van der Waals surface area contributed by atoms with Gasteiger partial charge in [-0.2, -0.15) is 0 Å². The van der Waals surface area contributed by atoms with Crippen molar-refractivity contribution in [2.24, 2.45) is 11.7 Å². The number of nitrogens with one attached hydrogen (secondary N) is 1. The lowest BCUT2D eigenvalue weighted by molar-refractivity contribution is -0.122. The minimum atomic E-state index is -3.29. The van der Waals surface area contributed by atoms with Crippen molar-refractivity contribution in [2.45, 2.75) is 6.92 Å². The monoisotopic (exact) mass is 267 g/mol. The molecule has 0 saturated heterocycles. The summed E-state index contributed by atoms with van der Waals surface area (Å²) in [6.07, 6.45) is 0.